The number of aromatic nitrogens is 1. The Labute approximate surface area is 238 Å². The number of ether oxygens (including phenoxy) is 2. The summed E-state index contributed by atoms with van der Waals surface area (Å²) in [6, 6.07) is 15.0. The zero-order chi connectivity index (χ0) is 28.1. The van der Waals surface area contributed by atoms with Gasteiger partial charge in [-0.15, -0.1) is 11.3 Å². The van der Waals surface area contributed by atoms with E-state index in [2.05, 4.69) is 10.3 Å². The van der Waals surface area contributed by atoms with Crippen LogP contribution in [0.5, 0.6) is 11.5 Å². The van der Waals surface area contributed by atoms with Gasteiger partial charge in [0.05, 0.1) is 42.4 Å². The van der Waals surface area contributed by atoms with Gasteiger partial charge in [0.2, 0.25) is 17.7 Å². The third kappa shape index (κ3) is 7.25. The maximum atomic E-state index is 13.1. The van der Waals surface area contributed by atoms with Gasteiger partial charge >= 0.3 is 0 Å². The van der Waals surface area contributed by atoms with Crippen LogP contribution in [0.2, 0.25) is 0 Å². The largest absolute Gasteiger partial charge is 0.457 e. The standard InChI is InChI=1S/C30H34N4O5S/c1-20-31-23(19-40-20)15-30(37)34-12-11-27-26(16-34)32-28(35)17-33(2)29(36)10-9-21-5-3-7-24(13-21)39-25-8-4-6-22(14-25)18-38-27/h3-8,13-14,19,26-27H,9-12,15-18H2,1-2H3,(H,32,35)/t26-,27+/m1/s1. The number of likely N-dealkylation sites (N-methyl/N-ethyl adjacent to an activating group) is 1. The van der Waals surface area contributed by atoms with Gasteiger partial charge in [-0.25, -0.2) is 4.98 Å². The van der Waals surface area contributed by atoms with Crippen molar-refractivity contribution in [1.82, 2.24) is 20.1 Å². The van der Waals surface area contributed by atoms with Crippen molar-refractivity contribution in [3.8, 4) is 11.5 Å². The van der Waals surface area contributed by atoms with Crippen molar-refractivity contribution in [3.63, 3.8) is 0 Å². The Morgan fingerprint density at radius 3 is 2.60 bits per heavy atom. The number of carbonyl (C=O) groups excluding carboxylic acids is 3. The van der Waals surface area contributed by atoms with E-state index in [1.807, 2.05) is 60.8 Å². The number of hydrogen-bond acceptors (Lipinski definition) is 7. The van der Waals surface area contributed by atoms with Crippen LogP contribution in [0.15, 0.2) is 53.9 Å². The van der Waals surface area contributed by atoms with Crippen LogP contribution >= 0.6 is 11.3 Å². The molecule has 3 heterocycles. The monoisotopic (exact) mass is 562 g/mol. The highest BCUT2D eigenvalue weighted by Crippen LogP contribution is 2.25. The molecule has 9 nitrogen and oxygen atoms in total. The number of nitrogens with one attached hydrogen (secondary N) is 1. The summed E-state index contributed by atoms with van der Waals surface area (Å²) in [6.07, 6.45) is 1.31. The third-order valence-corrected chi connectivity index (χ3v) is 8.00. The summed E-state index contributed by atoms with van der Waals surface area (Å²) >= 11 is 1.52. The maximum absolute atomic E-state index is 13.1. The van der Waals surface area contributed by atoms with Crippen molar-refractivity contribution in [2.45, 2.75) is 51.4 Å². The topological polar surface area (TPSA) is 101 Å². The first-order valence-electron chi connectivity index (χ1n) is 13.5. The van der Waals surface area contributed by atoms with Crippen LogP contribution in [0.1, 0.15) is 34.7 Å². The summed E-state index contributed by atoms with van der Waals surface area (Å²) in [4.78, 5) is 46.5. The molecule has 4 bridgehead atoms. The molecular formula is C30H34N4O5S. The van der Waals surface area contributed by atoms with Gasteiger partial charge < -0.3 is 24.6 Å². The van der Waals surface area contributed by atoms with E-state index in [1.54, 1.807) is 11.9 Å². The van der Waals surface area contributed by atoms with E-state index in [0.29, 0.717) is 44.0 Å². The molecule has 0 aliphatic carbocycles. The predicted octanol–water partition coefficient (Wildman–Crippen LogP) is 3.49. The molecular weight excluding hydrogens is 528 g/mol. The molecule has 2 aliphatic rings. The number of benzene rings is 2. The van der Waals surface area contributed by atoms with E-state index in [0.717, 1.165) is 21.8 Å². The van der Waals surface area contributed by atoms with E-state index >= 15 is 0 Å². The normalized spacial score (nSPS) is 20.6. The molecule has 2 aromatic carbocycles. The lowest BCUT2D eigenvalue weighted by Gasteiger charge is -2.39. The van der Waals surface area contributed by atoms with Crippen LogP contribution in [0.4, 0.5) is 0 Å². The number of nitrogens with zero attached hydrogens (tertiary/aromatic N) is 3. The lowest BCUT2D eigenvalue weighted by atomic mass is 10.0. The Balaban J connectivity index is 1.34. The van der Waals surface area contributed by atoms with Crippen LogP contribution < -0.4 is 10.1 Å². The van der Waals surface area contributed by atoms with Crippen LogP contribution in [0.3, 0.4) is 0 Å². The Morgan fingerprint density at radius 1 is 1.10 bits per heavy atom. The fourth-order valence-electron chi connectivity index (χ4n) is 5.05. The summed E-state index contributed by atoms with van der Waals surface area (Å²) in [5, 5.41) is 5.88. The van der Waals surface area contributed by atoms with Crippen molar-refractivity contribution in [1.29, 1.82) is 0 Å². The molecule has 1 fully saturated rings. The molecule has 2 aliphatic heterocycles. The number of hydrogen-bond donors (Lipinski definition) is 1. The van der Waals surface area contributed by atoms with E-state index in [4.69, 9.17) is 9.47 Å². The zero-order valence-electron chi connectivity index (χ0n) is 22.8. The minimum atomic E-state index is -0.413. The van der Waals surface area contributed by atoms with Crippen LogP contribution in [-0.4, -0.2) is 71.3 Å². The molecule has 1 aromatic heterocycles. The summed E-state index contributed by atoms with van der Waals surface area (Å²) in [5.74, 6) is 0.955. The van der Waals surface area contributed by atoms with E-state index in [1.165, 1.54) is 16.2 Å². The van der Waals surface area contributed by atoms with Crippen molar-refractivity contribution in [2.75, 3.05) is 26.7 Å². The molecule has 0 radical (unpaired) electrons. The highest BCUT2D eigenvalue weighted by molar-refractivity contribution is 7.09. The van der Waals surface area contributed by atoms with E-state index in [-0.39, 0.29) is 43.2 Å². The molecule has 210 valence electrons. The fraction of sp³-hybridized carbons (Fsp3) is 0.400. The molecule has 3 amide bonds. The number of carbonyl (C=O) groups is 3. The number of rotatable bonds is 2. The number of piperidine rings is 1. The second-order valence-electron chi connectivity index (χ2n) is 10.3. The Kier molecular flexibility index (Phi) is 8.76. The van der Waals surface area contributed by atoms with Gasteiger partial charge in [0.15, 0.2) is 0 Å². The number of likely N-dealkylation sites (tertiary alicyclic amines) is 1. The smallest absolute Gasteiger partial charge is 0.239 e. The second kappa shape index (κ2) is 12.6. The number of aryl methyl sites for hydroxylation is 2. The van der Waals surface area contributed by atoms with Crippen molar-refractivity contribution in [2.24, 2.45) is 0 Å². The van der Waals surface area contributed by atoms with Gasteiger partial charge in [0, 0.05) is 31.9 Å². The fourth-order valence-corrected chi connectivity index (χ4v) is 5.66. The molecule has 1 N–H and O–H groups in total. The van der Waals surface area contributed by atoms with Gasteiger partial charge in [0.25, 0.3) is 0 Å². The quantitative estimate of drug-likeness (QED) is 0.513. The third-order valence-electron chi connectivity index (χ3n) is 7.18. The Bertz CT molecular complexity index is 1380. The average molecular weight is 563 g/mol. The maximum Gasteiger partial charge on any atom is 0.239 e. The molecule has 2 atom stereocenters. The average Bonchev–Trinajstić information content (AvgIpc) is 3.35. The molecule has 0 spiro atoms. The lowest BCUT2D eigenvalue weighted by Crippen LogP contribution is -2.58. The van der Waals surface area contributed by atoms with Crippen LogP contribution in [0, 0.1) is 6.92 Å². The number of thiazole rings is 1. The highest BCUT2D eigenvalue weighted by atomic mass is 32.1. The van der Waals surface area contributed by atoms with Crippen LogP contribution in [-0.2, 0) is 38.6 Å². The SMILES string of the molecule is Cc1nc(CC(=O)N2CC[C@@H]3OCc4cccc(c4)Oc4cccc(c4)CCC(=O)N(C)CC(=O)N[C@@H]3C2)cs1. The van der Waals surface area contributed by atoms with Crippen molar-refractivity contribution < 1.29 is 23.9 Å². The predicted molar refractivity (Wildman–Crippen MR) is 151 cm³/mol. The molecule has 0 saturated carbocycles. The first kappa shape index (κ1) is 27.8. The summed E-state index contributed by atoms with van der Waals surface area (Å²) in [6.45, 7) is 3.03. The minimum Gasteiger partial charge on any atom is -0.457 e. The van der Waals surface area contributed by atoms with Gasteiger partial charge in [0.1, 0.15) is 11.5 Å². The zero-order valence-corrected chi connectivity index (χ0v) is 23.6. The number of fused-ring (bicyclic) bond motifs is 5. The lowest BCUT2D eigenvalue weighted by molar-refractivity contribution is -0.138. The summed E-state index contributed by atoms with van der Waals surface area (Å²) in [5.41, 5.74) is 2.68. The molecule has 0 unspecified atom stereocenters. The Hall–Kier alpha value is -3.76. The van der Waals surface area contributed by atoms with E-state index in [9.17, 15) is 14.4 Å². The van der Waals surface area contributed by atoms with Gasteiger partial charge in [-0.1, -0.05) is 24.3 Å². The molecule has 3 aromatic rings. The second-order valence-corrected chi connectivity index (χ2v) is 11.4. The van der Waals surface area contributed by atoms with Crippen molar-refractivity contribution >= 4 is 29.1 Å². The molecule has 40 heavy (non-hydrogen) atoms. The molecule has 5 rings (SSSR count). The van der Waals surface area contributed by atoms with Crippen molar-refractivity contribution in [3.05, 3.63) is 75.7 Å². The van der Waals surface area contributed by atoms with Crippen LogP contribution in [0.25, 0.3) is 0 Å². The first-order chi connectivity index (χ1) is 19.3. The Morgan fingerprint density at radius 2 is 1.85 bits per heavy atom. The molecule has 10 heteroatoms. The molecule has 1 saturated heterocycles. The highest BCUT2D eigenvalue weighted by Gasteiger charge is 2.34. The van der Waals surface area contributed by atoms with Gasteiger partial charge in [-0.05, 0) is 55.2 Å². The summed E-state index contributed by atoms with van der Waals surface area (Å²) in [7, 11) is 1.63. The van der Waals surface area contributed by atoms with E-state index < -0.39 is 6.04 Å². The van der Waals surface area contributed by atoms with Gasteiger partial charge in [-0.2, -0.15) is 0 Å². The first-order valence-corrected chi connectivity index (χ1v) is 14.4. The summed E-state index contributed by atoms with van der Waals surface area (Å²) < 4.78 is 12.4. The number of amides is 3. The van der Waals surface area contributed by atoms with Gasteiger partial charge in [-0.3, -0.25) is 14.4 Å². The minimum absolute atomic E-state index is 0.0298.